The second kappa shape index (κ2) is 8.42. The van der Waals surface area contributed by atoms with Crippen LogP contribution in [0.15, 0.2) is 80.7 Å². The van der Waals surface area contributed by atoms with Gasteiger partial charge in [-0.2, -0.15) is 4.98 Å². The average molecular weight is 469 g/mol. The van der Waals surface area contributed by atoms with Crippen molar-refractivity contribution in [1.29, 1.82) is 0 Å². The summed E-state index contributed by atoms with van der Waals surface area (Å²) >= 11 is 3.15. The highest BCUT2D eigenvalue weighted by Crippen LogP contribution is 2.20. The zero-order valence-electron chi connectivity index (χ0n) is 15.4. The number of rotatable bonds is 5. The number of carbonyl (C=O) groups excluding carboxylic acids is 1. The third-order valence-corrected chi connectivity index (χ3v) is 4.72. The predicted octanol–water partition coefficient (Wildman–Crippen LogP) is 4.11. The van der Waals surface area contributed by atoms with Crippen molar-refractivity contribution >= 4 is 27.5 Å². The number of amides is 1. The van der Waals surface area contributed by atoms with Gasteiger partial charge in [0.25, 0.3) is 11.4 Å². The maximum Gasteiger partial charge on any atom is 0.263 e. The Morgan fingerprint density at radius 2 is 1.93 bits per heavy atom. The van der Waals surface area contributed by atoms with Gasteiger partial charge in [0.15, 0.2) is 0 Å². The van der Waals surface area contributed by atoms with E-state index in [0.717, 1.165) is 5.56 Å². The van der Waals surface area contributed by atoms with Crippen molar-refractivity contribution in [1.82, 2.24) is 14.7 Å². The summed E-state index contributed by atoms with van der Waals surface area (Å²) < 4.78 is 20.9. The molecule has 2 aromatic heterocycles. The lowest BCUT2D eigenvalue weighted by Crippen LogP contribution is -2.28. The monoisotopic (exact) mass is 468 g/mol. The molecule has 7 nitrogen and oxygen atoms in total. The average Bonchev–Trinajstić information content (AvgIpc) is 3.22. The van der Waals surface area contributed by atoms with Crippen LogP contribution in [0.25, 0.3) is 22.8 Å². The molecule has 0 aliphatic carbocycles. The predicted molar refractivity (Wildman–Crippen MR) is 112 cm³/mol. The van der Waals surface area contributed by atoms with Crippen LogP contribution < -0.4 is 10.9 Å². The Balaban J connectivity index is 1.55. The minimum atomic E-state index is -0.585. The highest BCUT2D eigenvalue weighted by Gasteiger charge is 2.16. The second-order valence-electron chi connectivity index (χ2n) is 6.32. The highest BCUT2D eigenvalue weighted by atomic mass is 79.9. The summed E-state index contributed by atoms with van der Waals surface area (Å²) in [5.74, 6) is -0.736. The number of hydrogen-bond acceptors (Lipinski definition) is 5. The molecule has 4 rings (SSSR count). The van der Waals surface area contributed by atoms with Gasteiger partial charge in [0.1, 0.15) is 17.9 Å². The first kappa shape index (κ1) is 19.7. The molecule has 0 radical (unpaired) electrons. The lowest BCUT2D eigenvalue weighted by molar-refractivity contribution is -0.116. The number of halogens is 2. The Hall–Kier alpha value is -3.59. The molecule has 0 saturated heterocycles. The molecule has 0 bridgehead atoms. The van der Waals surface area contributed by atoms with Crippen LogP contribution in [0, 0.1) is 5.82 Å². The van der Waals surface area contributed by atoms with E-state index in [9.17, 15) is 14.0 Å². The molecule has 9 heteroatoms. The summed E-state index contributed by atoms with van der Waals surface area (Å²) in [7, 11) is 0. The van der Waals surface area contributed by atoms with Crippen molar-refractivity contribution in [3.05, 3.63) is 87.5 Å². The van der Waals surface area contributed by atoms with Gasteiger partial charge in [0.2, 0.25) is 11.7 Å². The van der Waals surface area contributed by atoms with Crippen LogP contribution in [0.4, 0.5) is 10.1 Å². The molecule has 0 atom stereocenters. The van der Waals surface area contributed by atoms with Gasteiger partial charge in [-0.3, -0.25) is 9.59 Å². The van der Waals surface area contributed by atoms with Crippen molar-refractivity contribution < 1.29 is 13.7 Å². The van der Waals surface area contributed by atoms with Crippen molar-refractivity contribution in [2.24, 2.45) is 0 Å². The molecule has 1 N–H and O–H groups in total. The van der Waals surface area contributed by atoms with E-state index >= 15 is 0 Å². The summed E-state index contributed by atoms with van der Waals surface area (Å²) in [6.45, 7) is -0.304. The lowest BCUT2D eigenvalue weighted by atomic mass is 10.2. The van der Waals surface area contributed by atoms with E-state index in [0.29, 0.717) is 10.3 Å². The van der Waals surface area contributed by atoms with Gasteiger partial charge in [-0.15, -0.1) is 0 Å². The Morgan fingerprint density at radius 3 is 2.70 bits per heavy atom. The normalized spacial score (nSPS) is 10.7. The summed E-state index contributed by atoms with van der Waals surface area (Å²) in [6, 6.07) is 16.6. The minimum absolute atomic E-state index is 0.0248. The molecule has 0 unspecified atom stereocenters. The van der Waals surface area contributed by atoms with E-state index in [2.05, 4.69) is 31.4 Å². The van der Waals surface area contributed by atoms with E-state index in [1.807, 2.05) is 30.3 Å². The van der Waals surface area contributed by atoms with Crippen LogP contribution >= 0.6 is 15.9 Å². The van der Waals surface area contributed by atoms with E-state index in [4.69, 9.17) is 4.52 Å². The minimum Gasteiger partial charge on any atom is -0.333 e. The summed E-state index contributed by atoms with van der Waals surface area (Å²) in [5, 5.41) is 6.36. The van der Waals surface area contributed by atoms with E-state index < -0.39 is 17.3 Å². The molecular formula is C21H14BrFN4O3. The summed E-state index contributed by atoms with van der Waals surface area (Å²) in [5.41, 5.74) is 0.457. The van der Waals surface area contributed by atoms with Gasteiger partial charge in [-0.1, -0.05) is 51.4 Å². The zero-order valence-corrected chi connectivity index (χ0v) is 17.0. The van der Waals surface area contributed by atoms with Gasteiger partial charge in [0, 0.05) is 16.2 Å². The number of benzene rings is 2. The molecule has 30 heavy (non-hydrogen) atoms. The van der Waals surface area contributed by atoms with Gasteiger partial charge in [-0.05, 0) is 30.3 Å². The van der Waals surface area contributed by atoms with Crippen molar-refractivity contribution in [2.75, 3.05) is 5.32 Å². The maximum absolute atomic E-state index is 13.9. The van der Waals surface area contributed by atoms with E-state index in [1.165, 1.54) is 29.0 Å². The summed E-state index contributed by atoms with van der Waals surface area (Å²) in [4.78, 5) is 29.4. The molecule has 1 amide bonds. The smallest absolute Gasteiger partial charge is 0.263 e. The number of pyridine rings is 1. The van der Waals surface area contributed by atoms with Crippen LogP contribution in [0.1, 0.15) is 0 Å². The molecule has 150 valence electrons. The fourth-order valence-electron chi connectivity index (χ4n) is 2.80. The Bertz CT molecular complexity index is 1270. The lowest BCUT2D eigenvalue weighted by Gasteiger charge is -2.09. The third kappa shape index (κ3) is 4.20. The standard InChI is InChI=1S/C21H14BrFN4O3/c22-14-8-9-17(16(23)11-14)24-18(28)12-27-10-4-7-15(21(27)29)20-25-19(26-30-20)13-5-2-1-3-6-13/h1-11H,12H2,(H,24,28). The number of nitrogens with zero attached hydrogens (tertiary/aromatic N) is 3. The molecule has 0 aliphatic heterocycles. The SMILES string of the molecule is O=C(Cn1cccc(-c2nc(-c3ccccc3)no2)c1=O)Nc1ccc(Br)cc1F. The maximum atomic E-state index is 13.9. The molecule has 2 aromatic carbocycles. The first-order chi connectivity index (χ1) is 14.5. The first-order valence-corrected chi connectivity index (χ1v) is 9.64. The van der Waals surface area contributed by atoms with Gasteiger partial charge < -0.3 is 14.4 Å². The van der Waals surface area contributed by atoms with Crippen molar-refractivity contribution in [3.63, 3.8) is 0 Å². The van der Waals surface area contributed by atoms with Crippen molar-refractivity contribution in [2.45, 2.75) is 6.54 Å². The Labute approximate surface area is 178 Å². The van der Waals surface area contributed by atoms with E-state index in [1.54, 1.807) is 12.1 Å². The molecule has 0 fully saturated rings. The van der Waals surface area contributed by atoms with Gasteiger partial charge in [0.05, 0.1) is 5.69 Å². The zero-order chi connectivity index (χ0) is 21.1. The molecule has 2 heterocycles. The number of nitrogens with one attached hydrogen (secondary N) is 1. The quantitative estimate of drug-likeness (QED) is 0.475. The molecule has 4 aromatic rings. The molecule has 0 aliphatic rings. The van der Waals surface area contributed by atoms with Crippen LogP contribution in [-0.2, 0) is 11.3 Å². The first-order valence-electron chi connectivity index (χ1n) is 8.85. The molecule has 0 spiro atoms. The molecular weight excluding hydrogens is 455 g/mol. The Kier molecular flexibility index (Phi) is 5.53. The number of carbonyl (C=O) groups is 1. The van der Waals surface area contributed by atoms with Crippen LogP contribution in [0.3, 0.4) is 0 Å². The van der Waals surface area contributed by atoms with Gasteiger partial charge >= 0.3 is 0 Å². The van der Waals surface area contributed by atoms with Crippen LogP contribution in [0.2, 0.25) is 0 Å². The fourth-order valence-corrected chi connectivity index (χ4v) is 3.13. The van der Waals surface area contributed by atoms with Crippen molar-refractivity contribution in [3.8, 4) is 22.8 Å². The fraction of sp³-hybridized carbons (Fsp3) is 0.0476. The summed E-state index contributed by atoms with van der Waals surface area (Å²) in [6.07, 6.45) is 1.46. The van der Waals surface area contributed by atoms with Gasteiger partial charge in [-0.25, -0.2) is 4.39 Å². The largest absolute Gasteiger partial charge is 0.333 e. The molecule has 0 saturated carbocycles. The second-order valence-corrected chi connectivity index (χ2v) is 7.23. The number of hydrogen-bond donors (Lipinski definition) is 1. The topological polar surface area (TPSA) is 90.0 Å². The van der Waals surface area contributed by atoms with Crippen LogP contribution in [-0.4, -0.2) is 20.6 Å². The third-order valence-electron chi connectivity index (χ3n) is 4.23. The highest BCUT2D eigenvalue weighted by molar-refractivity contribution is 9.10. The number of anilines is 1. The van der Waals surface area contributed by atoms with E-state index in [-0.39, 0.29) is 23.7 Å². The number of aromatic nitrogens is 3. The Morgan fingerprint density at radius 1 is 1.13 bits per heavy atom. The van der Waals surface area contributed by atoms with Crippen LogP contribution in [0.5, 0.6) is 0 Å².